The maximum absolute atomic E-state index is 11.8. The molecule has 5 heteroatoms. The van der Waals surface area contributed by atoms with Crippen LogP contribution < -0.4 is 5.32 Å². The van der Waals surface area contributed by atoms with E-state index in [2.05, 4.69) is 17.1 Å². The minimum Gasteiger partial charge on any atom is -0.462 e. The first-order chi connectivity index (χ1) is 7.84. The van der Waals surface area contributed by atoms with E-state index >= 15 is 0 Å². The van der Waals surface area contributed by atoms with Crippen molar-refractivity contribution in [1.29, 1.82) is 0 Å². The molecule has 18 heavy (non-hydrogen) atoms. The summed E-state index contributed by atoms with van der Waals surface area (Å²) in [6, 6.07) is -0.171. The van der Waals surface area contributed by atoms with Crippen LogP contribution in [0.25, 0.3) is 0 Å². The van der Waals surface area contributed by atoms with Gasteiger partial charge in [-0.1, -0.05) is 6.92 Å². The van der Waals surface area contributed by atoms with Crippen LogP contribution in [0.2, 0.25) is 0 Å². The highest BCUT2D eigenvalue weighted by Gasteiger charge is 2.32. The molecule has 0 aliphatic carbocycles. The Morgan fingerprint density at radius 2 is 2.06 bits per heavy atom. The smallest absolute Gasteiger partial charge is 0.323 e. The second-order valence-electron chi connectivity index (χ2n) is 5.81. The van der Waals surface area contributed by atoms with E-state index in [0.29, 0.717) is 0 Å². The molecule has 4 nitrogen and oxygen atoms in total. The lowest BCUT2D eigenvalue weighted by Crippen LogP contribution is -2.44. The van der Waals surface area contributed by atoms with E-state index in [1.54, 1.807) is 0 Å². The zero-order valence-electron chi connectivity index (χ0n) is 12.2. The van der Waals surface area contributed by atoms with Crippen LogP contribution in [-0.4, -0.2) is 49.7 Å². The van der Waals surface area contributed by atoms with E-state index in [0.717, 1.165) is 19.6 Å². The highest BCUT2D eigenvalue weighted by Crippen LogP contribution is 2.25. The quantitative estimate of drug-likeness (QED) is 0.777. The number of carbonyl (C=O) groups excluding carboxylic acids is 1. The van der Waals surface area contributed by atoms with Crippen molar-refractivity contribution in [3.63, 3.8) is 0 Å². The molecule has 0 bridgehead atoms. The Hall–Kier alpha value is -0.320. The van der Waals surface area contributed by atoms with Crippen LogP contribution in [0.15, 0.2) is 0 Å². The highest BCUT2D eigenvalue weighted by molar-refractivity contribution is 5.85. The van der Waals surface area contributed by atoms with Crippen LogP contribution in [0.3, 0.4) is 0 Å². The van der Waals surface area contributed by atoms with Crippen molar-refractivity contribution in [3.05, 3.63) is 0 Å². The summed E-state index contributed by atoms with van der Waals surface area (Å²) in [6.45, 7) is 11.0. The molecule has 1 rings (SSSR count). The van der Waals surface area contributed by atoms with Crippen molar-refractivity contribution in [2.45, 2.75) is 46.3 Å². The fraction of sp³-hybridized carbons (Fsp3) is 0.923. The number of likely N-dealkylation sites (N-methyl/N-ethyl adjacent to an activating group) is 1. The van der Waals surface area contributed by atoms with Gasteiger partial charge in [0.25, 0.3) is 0 Å². The Morgan fingerprint density at radius 3 is 2.50 bits per heavy atom. The van der Waals surface area contributed by atoms with Gasteiger partial charge >= 0.3 is 5.97 Å². The molecule has 0 aromatic heterocycles. The van der Waals surface area contributed by atoms with Gasteiger partial charge in [-0.05, 0) is 46.2 Å². The molecule has 0 amide bonds. The van der Waals surface area contributed by atoms with Crippen molar-refractivity contribution in [1.82, 2.24) is 10.2 Å². The number of hydrogen-bond donors (Lipinski definition) is 1. The summed E-state index contributed by atoms with van der Waals surface area (Å²) in [6.07, 6.45) is 1.13. The molecule has 2 unspecified atom stereocenters. The number of ether oxygens (including phenoxy) is 1. The largest absolute Gasteiger partial charge is 0.462 e. The summed E-state index contributed by atoms with van der Waals surface area (Å²) in [7, 11) is 2.00. The summed E-state index contributed by atoms with van der Waals surface area (Å²) < 4.78 is 5.23. The number of carbonyl (C=O) groups is 1. The molecule has 1 aliphatic heterocycles. The standard InChI is InChI=1S/C13H26N2O2.ClH/c1-10(2)17-12(16)11(3)15(5)9-13(4)6-7-14-8-13;/h10-11,14H,6-9H2,1-5H3;1H. The Morgan fingerprint density at radius 1 is 1.44 bits per heavy atom. The molecule has 0 spiro atoms. The molecule has 0 saturated carbocycles. The van der Waals surface area contributed by atoms with E-state index in [9.17, 15) is 4.79 Å². The average Bonchev–Trinajstić information content (AvgIpc) is 2.62. The summed E-state index contributed by atoms with van der Waals surface area (Å²) >= 11 is 0. The Labute approximate surface area is 117 Å². The zero-order chi connectivity index (χ0) is 13.1. The van der Waals surface area contributed by atoms with Crippen molar-refractivity contribution >= 4 is 18.4 Å². The van der Waals surface area contributed by atoms with Gasteiger partial charge in [-0.3, -0.25) is 9.69 Å². The maximum atomic E-state index is 11.8. The molecule has 0 radical (unpaired) electrons. The number of esters is 1. The topological polar surface area (TPSA) is 41.6 Å². The van der Waals surface area contributed by atoms with E-state index in [4.69, 9.17) is 4.74 Å². The van der Waals surface area contributed by atoms with Crippen LogP contribution in [0, 0.1) is 5.41 Å². The monoisotopic (exact) mass is 278 g/mol. The minimum atomic E-state index is -0.171. The van der Waals surface area contributed by atoms with E-state index in [1.165, 1.54) is 6.42 Å². The Balaban J connectivity index is 0.00000289. The number of hydrogen-bond acceptors (Lipinski definition) is 4. The van der Waals surface area contributed by atoms with Crippen molar-refractivity contribution in [3.8, 4) is 0 Å². The van der Waals surface area contributed by atoms with Crippen LogP contribution in [0.5, 0.6) is 0 Å². The van der Waals surface area contributed by atoms with Gasteiger partial charge in [-0.15, -0.1) is 12.4 Å². The van der Waals surface area contributed by atoms with Crippen LogP contribution >= 0.6 is 12.4 Å². The number of rotatable bonds is 5. The number of halogens is 1. The third-order valence-electron chi connectivity index (χ3n) is 3.44. The molecule has 108 valence electrons. The van der Waals surface area contributed by atoms with E-state index in [-0.39, 0.29) is 35.9 Å². The predicted molar refractivity (Wildman–Crippen MR) is 76.2 cm³/mol. The second kappa shape index (κ2) is 7.31. The first kappa shape index (κ1) is 17.7. The van der Waals surface area contributed by atoms with Crippen LogP contribution in [-0.2, 0) is 9.53 Å². The first-order valence-corrected chi connectivity index (χ1v) is 6.45. The molecule has 1 aliphatic rings. The van der Waals surface area contributed by atoms with Gasteiger partial charge in [-0.2, -0.15) is 0 Å². The van der Waals surface area contributed by atoms with Gasteiger partial charge in [0.2, 0.25) is 0 Å². The fourth-order valence-electron chi connectivity index (χ4n) is 2.25. The summed E-state index contributed by atoms with van der Waals surface area (Å²) in [5.41, 5.74) is 0.279. The molecule has 1 N–H and O–H groups in total. The van der Waals surface area contributed by atoms with Gasteiger partial charge in [0, 0.05) is 13.1 Å². The maximum Gasteiger partial charge on any atom is 0.323 e. The molecular formula is C13H27ClN2O2. The normalized spacial score (nSPS) is 25.1. The van der Waals surface area contributed by atoms with Gasteiger partial charge in [0.05, 0.1) is 6.10 Å². The third kappa shape index (κ3) is 5.12. The number of nitrogens with one attached hydrogen (secondary N) is 1. The zero-order valence-corrected chi connectivity index (χ0v) is 13.0. The van der Waals surface area contributed by atoms with Gasteiger partial charge in [-0.25, -0.2) is 0 Å². The van der Waals surface area contributed by atoms with E-state index < -0.39 is 0 Å². The molecule has 1 heterocycles. The molecule has 1 fully saturated rings. The summed E-state index contributed by atoms with van der Waals surface area (Å²) in [4.78, 5) is 13.9. The van der Waals surface area contributed by atoms with Gasteiger partial charge in [0.15, 0.2) is 0 Å². The van der Waals surface area contributed by atoms with Crippen LogP contribution in [0.4, 0.5) is 0 Å². The van der Waals surface area contributed by atoms with Crippen LogP contribution in [0.1, 0.15) is 34.1 Å². The molecule has 0 aromatic carbocycles. The average molecular weight is 279 g/mol. The fourth-order valence-corrected chi connectivity index (χ4v) is 2.25. The summed E-state index contributed by atoms with van der Waals surface area (Å²) in [5, 5.41) is 3.38. The first-order valence-electron chi connectivity index (χ1n) is 6.45. The van der Waals surface area contributed by atoms with E-state index in [1.807, 2.05) is 27.8 Å². The number of nitrogens with zero attached hydrogens (tertiary/aromatic N) is 1. The van der Waals surface area contributed by atoms with Crippen molar-refractivity contribution in [2.24, 2.45) is 5.41 Å². The second-order valence-corrected chi connectivity index (χ2v) is 5.81. The Bertz CT molecular complexity index is 266. The lowest BCUT2D eigenvalue weighted by Gasteiger charge is -2.32. The SMILES string of the molecule is CC(C)OC(=O)C(C)N(C)CC1(C)CCNC1.Cl. The van der Waals surface area contributed by atoms with Crippen molar-refractivity contribution < 1.29 is 9.53 Å². The molecule has 1 saturated heterocycles. The van der Waals surface area contributed by atoms with Crippen molar-refractivity contribution in [2.75, 3.05) is 26.7 Å². The minimum absolute atomic E-state index is 0. The van der Waals surface area contributed by atoms with Gasteiger partial charge < -0.3 is 10.1 Å². The molecule has 0 aromatic rings. The lowest BCUT2D eigenvalue weighted by molar-refractivity contribution is -0.153. The third-order valence-corrected chi connectivity index (χ3v) is 3.44. The molecular weight excluding hydrogens is 252 g/mol. The predicted octanol–water partition coefficient (Wildman–Crippen LogP) is 1.68. The lowest BCUT2D eigenvalue weighted by atomic mass is 9.89. The highest BCUT2D eigenvalue weighted by atomic mass is 35.5. The summed E-state index contributed by atoms with van der Waals surface area (Å²) in [5.74, 6) is -0.128. The van der Waals surface area contributed by atoms with Gasteiger partial charge in [0.1, 0.15) is 6.04 Å². The Kier molecular flexibility index (Phi) is 7.18. The molecule has 2 atom stereocenters.